The number of aromatic nitrogens is 2. The van der Waals surface area contributed by atoms with Crippen LogP contribution in [-0.2, 0) is 0 Å². The summed E-state index contributed by atoms with van der Waals surface area (Å²) in [5.41, 5.74) is 0.297. The van der Waals surface area contributed by atoms with Gasteiger partial charge in [-0.05, 0) is 6.92 Å². The smallest absolute Gasteiger partial charge is 0.274 e. The summed E-state index contributed by atoms with van der Waals surface area (Å²) in [4.78, 5) is 23.8. The molecular weight excluding hydrogens is 266 g/mol. The van der Waals surface area contributed by atoms with Gasteiger partial charge in [-0.25, -0.2) is 9.97 Å². The minimum atomic E-state index is -0.145. The van der Waals surface area contributed by atoms with Crippen LogP contribution in [0.3, 0.4) is 0 Å². The van der Waals surface area contributed by atoms with Crippen molar-refractivity contribution in [3.05, 3.63) is 23.2 Å². The zero-order chi connectivity index (χ0) is 13.8. The fourth-order valence-electron chi connectivity index (χ4n) is 1.98. The molecular formula is C12H14ClN5O. The van der Waals surface area contributed by atoms with Gasteiger partial charge in [0, 0.05) is 26.2 Å². The molecule has 1 atom stereocenters. The SMILES string of the molecule is CC(C#N)N1CCN(C(=O)c2cnc(Cl)cn2)CC1. The molecule has 2 heterocycles. The third kappa shape index (κ3) is 3.19. The van der Waals surface area contributed by atoms with E-state index in [0.717, 1.165) is 0 Å². The number of piperazine rings is 1. The Balaban J connectivity index is 1.96. The number of hydrogen-bond acceptors (Lipinski definition) is 5. The van der Waals surface area contributed by atoms with Crippen molar-refractivity contribution < 1.29 is 4.79 Å². The fourth-order valence-corrected chi connectivity index (χ4v) is 2.08. The van der Waals surface area contributed by atoms with Gasteiger partial charge >= 0.3 is 0 Å². The van der Waals surface area contributed by atoms with E-state index in [9.17, 15) is 4.79 Å². The van der Waals surface area contributed by atoms with E-state index in [1.54, 1.807) is 4.90 Å². The largest absolute Gasteiger partial charge is 0.335 e. The maximum Gasteiger partial charge on any atom is 0.274 e. The van der Waals surface area contributed by atoms with Gasteiger partial charge in [-0.1, -0.05) is 11.6 Å². The van der Waals surface area contributed by atoms with Crippen molar-refractivity contribution >= 4 is 17.5 Å². The highest BCUT2D eigenvalue weighted by atomic mass is 35.5. The van der Waals surface area contributed by atoms with Gasteiger partial charge in [0.1, 0.15) is 10.8 Å². The number of carbonyl (C=O) groups is 1. The van der Waals surface area contributed by atoms with Crippen LogP contribution in [0.25, 0.3) is 0 Å². The Morgan fingerprint density at radius 1 is 1.37 bits per heavy atom. The Morgan fingerprint density at radius 2 is 2.05 bits per heavy atom. The molecule has 1 aliphatic heterocycles. The number of rotatable bonds is 2. The van der Waals surface area contributed by atoms with E-state index < -0.39 is 0 Å². The number of hydrogen-bond donors (Lipinski definition) is 0. The molecule has 1 fully saturated rings. The van der Waals surface area contributed by atoms with E-state index in [0.29, 0.717) is 31.9 Å². The first-order chi connectivity index (χ1) is 9.11. The molecule has 7 heteroatoms. The zero-order valence-electron chi connectivity index (χ0n) is 10.6. The normalized spacial score (nSPS) is 17.8. The molecule has 6 nitrogen and oxygen atoms in total. The number of nitriles is 1. The fraction of sp³-hybridized carbons (Fsp3) is 0.500. The van der Waals surface area contributed by atoms with Crippen LogP contribution in [0, 0.1) is 11.3 Å². The number of halogens is 1. The molecule has 19 heavy (non-hydrogen) atoms. The molecule has 0 spiro atoms. The lowest BCUT2D eigenvalue weighted by Gasteiger charge is -2.35. The molecule has 1 aliphatic rings. The Morgan fingerprint density at radius 3 is 2.58 bits per heavy atom. The first-order valence-electron chi connectivity index (χ1n) is 6.02. The van der Waals surface area contributed by atoms with Gasteiger partial charge in [0.2, 0.25) is 0 Å². The van der Waals surface area contributed by atoms with Gasteiger partial charge in [0.25, 0.3) is 5.91 Å². The lowest BCUT2D eigenvalue weighted by Crippen LogP contribution is -2.51. The summed E-state index contributed by atoms with van der Waals surface area (Å²) in [6.45, 7) is 4.44. The third-order valence-electron chi connectivity index (χ3n) is 3.18. The molecule has 1 amide bonds. The number of amides is 1. The second kappa shape index (κ2) is 5.95. The Hall–Kier alpha value is -1.71. The van der Waals surface area contributed by atoms with Crippen molar-refractivity contribution in [3.63, 3.8) is 0 Å². The molecule has 0 saturated carbocycles. The summed E-state index contributed by atoms with van der Waals surface area (Å²) in [6, 6.07) is 2.08. The topological polar surface area (TPSA) is 73.1 Å². The summed E-state index contributed by atoms with van der Waals surface area (Å²) in [6.07, 6.45) is 2.75. The predicted molar refractivity (Wildman–Crippen MR) is 69.6 cm³/mol. The molecule has 100 valence electrons. The summed E-state index contributed by atoms with van der Waals surface area (Å²) in [5.74, 6) is -0.145. The van der Waals surface area contributed by atoms with Crippen LogP contribution in [0.5, 0.6) is 0 Å². The van der Waals surface area contributed by atoms with Crippen molar-refractivity contribution in [2.24, 2.45) is 0 Å². The molecule has 0 radical (unpaired) electrons. The predicted octanol–water partition coefficient (Wildman–Crippen LogP) is 0.800. The second-order valence-corrected chi connectivity index (χ2v) is 4.74. The van der Waals surface area contributed by atoms with E-state index >= 15 is 0 Å². The molecule has 0 bridgehead atoms. The molecule has 1 unspecified atom stereocenters. The minimum Gasteiger partial charge on any atom is -0.335 e. The van der Waals surface area contributed by atoms with E-state index in [4.69, 9.17) is 16.9 Å². The van der Waals surface area contributed by atoms with Crippen molar-refractivity contribution in [1.29, 1.82) is 5.26 Å². The van der Waals surface area contributed by atoms with Gasteiger partial charge in [-0.2, -0.15) is 5.26 Å². The minimum absolute atomic E-state index is 0.118. The van der Waals surface area contributed by atoms with Gasteiger partial charge in [-0.3, -0.25) is 9.69 Å². The quantitative estimate of drug-likeness (QED) is 0.801. The maximum atomic E-state index is 12.2. The molecule has 1 aromatic heterocycles. The highest BCUT2D eigenvalue weighted by Crippen LogP contribution is 2.10. The van der Waals surface area contributed by atoms with Crippen LogP contribution in [0.15, 0.2) is 12.4 Å². The van der Waals surface area contributed by atoms with Gasteiger partial charge in [0.15, 0.2) is 0 Å². The van der Waals surface area contributed by atoms with E-state index in [1.807, 2.05) is 6.92 Å². The summed E-state index contributed by atoms with van der Waals surface area (Å²) in [7, 11) is 0. The van der Waals surface area contributed by atoms with E-state index in [2.05, 4.69) is 20.9 Å². The maximum absolute atomic E-state index is 12.2. The average Bonchev–Trinajstić information content (AvgIpc) is 2.46. The third-order valence-corrected chi connectivity index (χ3v) is 3.37. The Labute approximate surface area is 116 Å². The van der Waals surface area contributed by atoms with Crippen LogP contribution < -0.4 is 0 Å². The van der Waals surface area contributed by atoms with E-state index in [-0.39, 0.29) is 17.1 Å². The molecule has 0 aromatic carbocycles. The molecule has 2 rings (SSSR count). The van der Waals surface area contributed by atoms with Crippen LogP contribution >= 0.6 is 11.6 Å². The van der Waals surface area contributed by atoms with Gasteiger partial charge in [-0.15, -0.1) is 0 Å². The number of nitrogens with zero attached hydrogens (tertiary/aromatic N) is 5. The van der Waals surface area contributed by atoms with Crippen LogP contribution in [-0.4, -0.2) is 57.9 Å². The Kier molecular flexibility index (Phi) is 4.30. The average molecular weight is 280 g/mol. The molecule has 1 aromatic rings. The van der Waals surface area contributed by atoms with Crippen molar-refractivity contribution in [2.75, 3.05) is 26.2 Å². The first-order valence-corrected chi connectivity index (χ1v) is 6.40. The molecule has 0 aliphatic carbocycles. The summed E-state index contributed by atoms with van der Waals surface area (Å²) >= 11 is 5.64. The van der Waals surface area contributed by atoms with E-state index in [1.165, 1.54) is 12.4 Å². The second-order valence-electron chi connectivity index (χ2n) is 4.36. The first kappa shape index (κ1) is 13.7. The van der Waals surface area contributed by atoms with Crippen molar-refractivity contribution in [3.8, 4) is 6.07 Å². The summed E-state index contributed by atoms with van der Waals surface area (Å²) < 4.78 is 0. The summed E-state index contributed by atoms with van der Waals surface area (Å²) in [5, 5.41) is 9.13. The zero-order valence-corrected chi connectivity index (χ0v) is 11.3. The molecule has 0 N–H and O–H groups in total. The molecule has 1 saturated heterocycles. The highest BCUT2D eigenvalue weighted by molar-refractivity contribution is 6.29. The van der Waals surface area contributed by atoms with Gasteiger partial charge in [0.05, 0.1) is 24.5 Å². The lowest BCUT2D eigenvalue weighted by molar-refractivity contribution is 0.0609. The van der Waals surface area contributed by atoms with Crippen LogP contribution in [0.1, 0.15) is 17.4 Å². The lowest BCUT2D eigenvalue weighted by atomic mass is 10.2. The van der Waals surface area contributed by atoms with Crippen molar-refractivity contribution in [2.45, 2.75) is 13.0 Å². The van der Waals surface area contributed by atoms with Crippen LogP contribution in [0.2, 0.25) is 5.15 Å². The Bertz CT molecular complexity index is 490. The monoisotopic (exact) mass is 279 g/mol. The van der Waals surface area contributed by atoms with Crippen LogP contribution in [0.4, 0.5) is 0 Å². The van der Waals surface area contributed by atoms with Crippen molar-refractivity contribution in [1.82, 2.24) is 19.8 Å². The number of carbonyl (C=O) groups excluding carboxylic acids is 1. The highest BCUT2D eigenvalue weighted by Gasteiger charge is 2.25. The van der Waals surface area contributed by atoms with Gasteiger partial charge < -0.3 is 4.90 Å². The standard InChI is InChI=1S/C12H14ClN5O/c1-9(6-14)17-2-4-18(5-3-17)12(19)10-7-16-11(13)8-15-10/h7-9H,2-5H2,1H3.